The van der Waals surface area contributed by atoms with E-state index < -0.39 is 16.1 Å². The van der Waals surface area contributed by atoms with Crippen molar-refractivity contribution in [3.63, 3.8) is 0 Å². The van der Waals surface area contributed by atoms with Gasteiger partial charge in [-0.3, -0.25) is 9.78 Å². The van der Waals surface area contributed by atoms with Crippen LogP contribution in [0.3, 0.4) is 0 Å². The highest BCUT2D eigenvalue weighted by atomic mass is 35.5. The Bertz CT molecular complexity index is 1580. The molecule has 1 spiro atoms. The summed E-state index contributed by atoms with van der Waals surface area (Å²) in [5.74, 6) is -0.00970. The average molecular weight is 621 g/mol. The molecule has 2 aliphatic heterocycles. The van der Waals surface area contributed by atoms with Crippen LogP contribution >= 0.6 is 11.6 Å². The number of halogens is 1. The van der Waals surface area contributed by atoms with Gasteiger partial charge in [0.05, 0.1) is 11.8 Å². The number of hydrogen-bond acceptors (Lipinski definition) is 5. The van der Waals surface area contributed by atoms with Crippen LogP contribution in [0, 0.1) is 10.8 Å². The maximum atomic E-state index is 13.7. The normalized spacial score (nSPS) is 21.1. The molecule has 3 aromatic rings. The molecule has 1 amide bonds. The molecule has 7 nitrogen and oxygen atoms in total. The first kappa shape index (κ1) is 30.1. The first-order valence-corrected chi connectivity index (χ1v) is 17.4. The molecule has 6 rings (SSSR count). The minimum atomic E-state index is -3.60. The van der Waals surface area contributed by atoms with Gasteiger partial charge in [0, 0.05) is 54.8 Å². The van der Waals surface area contributed by atoms with E-state index in [-0.39, 0.29) is 17.1 Å². The zero-order valence-corrected chi connectivity index (χ0v) is 26.6. The Kier molecular flexibility index (Phi) is 8.31. The molecule has 9 heteroatoms. The van der Waals surface area contributed by atoms with Gasteiger partial charge in [-0.2, -0.15) is 0 Å². The van der Waals surface area contributed by atoms with E-state index in [0.717, 1.165) is 75.0 Å². The van der Waals surface area contributed by atoms with E-state index >= 15 is 0 Å². The number of nitrogens with one attached hydrogen (secondary N) is 1. The van der Waals surface area contributed by atoms with Crippen molar-refractivity contribution in [1.29, 1.82) is 0 Å². The minimum Gasteiger partial charge on any atom is -0.371 e. The van der Waals surface area contributed by atoms with Gasteiger partial charge in [-0.1, -0.05) is 49.7 Å². The molecule has 2 aromatic carbocycles. The molecule has 2 saturated heterocycles. The zero-order valence-electron chi connectivity index (χ0n) is 25.1. The quantitative estimate of drug-likeness (QED) is 0.348. The van der Waals surface area contributed by atoms with Crippen LogP contribution in [-0.2, 0) is 22.9 Å². The van der Waals surface area contributed by atoms with Crippen LogP contribution in [0.4, 0.5) is 5.69 Å². The number of likely N-dealkylation sites (tertiary alicyclic amines) is 1. The number of aromatic nitrogens is 1. The standard InChI is InChI=1S/C34H41ClN4O3S/c1-33(2)24-27-8-7-26(23-29(27)31(33)37-43(41,42)22-11-25-5-3-4-6-30(25)35)32(40)39-20-14-34(15-21-39)12-18-38(19-13-34)28-9-16-36-17-10-28/h3-10,16-17,23,31,37H,11-15,18-22,24H2,1-2H3. The predicted octanol–water partition coefficient (Wildman–Crippen LogP) is 6.04. The minimum absolute atomic E-state index is 0.0388. The Morgan fingerprint density at radius 1 is 0.977 bits per heavy atom. The highest BCUT2D eigenvalue weighted by Crippen LogP contribution is 2.46. The Hall–Kier alpha value is -2.94. The third kappa shape index (κ3) is 6.47. The van der Waals surface area contributed by atoms with Gasteiger partial charge < -0.3 is 9.80 Å². The van der Waals surface area contributed by atoms with Crippen molar-refractivity contribution >= 4 is 33.2 Å². The number of pyridine rings is 1. The maximum Gasteiger partial charge on any atom is 0.253 e. The lowest BCUT2D eigenvalue weighted by atomic mass is 9.71. The van der Waals surface area contributed by atoms with E-state index in [2.05, 4.69) is 40.6 Å². The second-order valence-corrected chi connectivity index (χ2v) is 15.6. The molecular weight excluding hydrogens is 580 g/mol. The smallest absolute Gasteiger partial charge is 0.253 e. The molecule has 1 atom stereocenters. The van der Waals surface area contributed by atoms with Gasteiger partial charge in [0.25, 0.3) is 5.91 Å². The Balaban J connectivity index is 1.10. The topological polar surface area (TPSA) is 82.6 Å². The van der Waals surface area contributed by atoms with Crippen LogP contribution in [0.5, 0.6) is 0 Å². The molecule has 0 saturated carbocycles. The van der Waals surface area contributed by atoms with Crippen LogP contribution in [0.1, 0.15) is 72.6 Å². The van der Waals surface area contributed by atoms with Crippen molar-refractivity contribution in [1.82, 2.24) is 14.6 Å². The number of carbonyl (C=O) groups is 1. The monoisotopic (exact) mass is 620 g/mol. The number of benzene rings is 2. The number of hydrogen-bond donors (Lipinski definition) is 1. The number of nitrogens with zero attached hydrogens (tertiary/aromatic N) is 3. The fourth-order valence-corrected chi connectivity index (χ4v) is 8.88. The van der Waals surface area contributed by atoms with Gasteiger partial charge in [-0.05, 0) is 96.4 Å². The summed E-state index contributed by atoms with van der Waals surface area (Å²) >= 11 is 6.26. The predicted molar refractivity (Wildman–Crippen MR) is 172 cm³/mol. The Labute approximate surface area is 260 Å². The largest absolute Gasteiger partial charge is 0.371 e. The summed E-state index contributed by atoms with van der Waals surface area (Å²) in [5.41, 5.74) is 4.68. The number of fused-ring (bicyclic) bond motifs is 1. The third-order valence-corrected chi connectivity index (χ3v) is 11.7. The van der Waals surface area contributed by atoms with Crippen LogP contribution in [0.25, 0.3) is 0 Å². The van der Waals surface area contributed by atoms with E-state index in [4.69, 9.17) is 11.6 Å². The van der Waals surface area contributed by atoms with Gasteiger partial charge in [-0.15, -0.1) is 0 Å². The van der Waals surface area contributed by atoms with Gasteiger partial charge in [0.15, 0.2) is 0 Å². The molecule has 228 valence electrons. The zero-order chi connectivity index (χ0) is 30.2. The Morgan fingerprint density at radius 3 is 2.35 bits per heavy atom. The molecule has 1 aliphatic carbocycles. The van der Waals surface area contributed by atoms with Crippen molar-refractivity contribution < 1.29 is 13.2 Å². The molecule has 3 aliphatic rings. The lowest BCUT2D eigenvalue weighted by Gasteiger charge is -2.47. The summed E-state index contributed by atoms with van der Waals surface area (Å²) in [6.45, 7) is 7.76. The van der Waals surface area contributed by atoms with Crippen molar-refractivity contribution in [3.05, 3.63) is 94.3 Å². The summed E-state index contributed by atoms with van der Waals surface area (Å²) in [4.78, 5) is 22.3. The Morgan fingerprint density at radius 2 is 1.65 bits per heavy atom. The number of piperidine rings is 2. The lowest BCUT2D eigenvalue weighted by molar-refractivity contribution is 0.0515. The summed E-state index contributed by atoms with van der Waals surface area (Å²) < 4.78 is 29.5. The van der Waals surface area contributed by atoms with E-state index in [1.807, 2.05) is 53.7 Å². The molecule has 43 heavy (non-hydrogen) atoms. The number of anilines is 1. The number of rotatable bonds is 7. The van der Waals surface area contributed by atoms with Crippen LogP contribution in [0.2, 0.25) is 5.02 Å². The number of amides is 1. The van der Waals surface area contributed by atoms with E-state index in [1.54, 1.807) is 6.07 Å². The van der Waals surface area contributed by atoms with Crippen molar-refractivity contribution in [3.8, 4) is 0 Å². The molecule has 3 heterocycles. The number of carbonyl (C=O) groups excluding carboxylic acids is 1. The number of sulfonamides is 1. The summed E-state index contributed by atoms with van der Waals surface area (Å²) in [6, 6.07) is 17.0. The second kappa shape index (κ2) is 11.9. The van der Waals surface area contributed by atoms with Gasteiger partial charge in [-0.25, -0.2) is 13.1 Å². The fourth-order valence-electron chi connectivity index (χ4n) is 7.24. The average Bonchev–Trinajstić information content (AvgIpc) is 3.25. The summed E-state index contributed by atoms with van der Waals surface area (Å²) in [7, 11) is -3.60. The first-order valence-electron chi connectivity index (χ1n) is 15.3. The van der Waals surface area contributed by atoms with Crippen molar-refractivity contribution in [2.45, 2.75) is 58.4 Å². The van der Waals surface area contributed by atoms with Gasteiger partial charge in [0.1, 0.15) is 0 Å². The number of aryl methyl sites for hydroxylation is 1. The van der Waals surface area contributed by atoms with Crippen LogP contribution in [-0.4, -0.2) is 56.1 Å². The van der Waals surface area contributed by atoms with Crippen LogP contribution in [0.15, 0.2) is 67.0 Å². The molecule has 1 unspecified atom stereocenters. The lowest BCUT2D eigenvalue weighted by Crippen LogP contribution is -2.48. The van der Waals surface area contributed by atoms with E-state index in [1.165, 1.54) is 5.69 Å². The van der Waals surface area contributed by atoms with Gasteiger partial charge in [0.2, 0.25) is 10.0 Å². The second-order valence-electron chi connectivity index (χ2n) is 13.3. The molecule has 1 aromatic heterocycles. The molecule has 0 bridgehead atoms. The first-order chi connectivity index (χ1) is 20.5. The summed E-state index contributed by atoms with van der Waals surface area (Å²) in [6.07, 6.45) is 9.12. The van der Waals surface area contributed by atoms with Crippen molar-refractivity contribution in [2.24, 2.45) is 10.8 Å². The highest BCUT2D eigenvalue weighted by molar-refractivity contribution is 7.89. The summed E-state index contributed by atoms with van der Waals surface area (Å²) in [5, 5.41) is 0.575. The molecule has 0 radical (unpaired) electrons. The van der Waals surface area contributed by atoms with Gasteiger partial charge >= 0.3 is 0 Å². The highest BCUT2D eigenvalue weighted by Gasteiger charge is 2.42. The fraction of sp³-hybridized carbons (Fsp3) is 0.471. The third-order valence-electron chi connectivity index (χ3n) is 9.99. The maximum absolute atomic E-state index is 13.7. The SMILES string of the molecule is CC1(C)Cc2ccc(C(=O)N3CCC4(CC3)CCN(c3ccncc3)CC4)cc2C1NS(=O)(=O)CCc1ccccc1Cl. The van der Waals surface area contributed by atoms with E-state index in [9.17, 15) is 13.2 Å². The van der Waals surface area contributed by atoms with Crippen LogP contribution < -0.4 is 9.62 Å². The van der Waals surface area contributed by atoms with E-state index in [0.29, 0.717) is 22.4 Å². The molecule has 2 fully saturated rings. The van der Waals surface area contributed by atoms with Crippen molar-refractivity contribution in [2.75, 3.05) is 36.8 Å². The molecule has 1 N–H and O–H groups in total. The molecular formula is C34H41ClN4O3S.